The zero-order chi connectivity index (χ0) is 13.6. The first kappa shape index (κ1) is 25.4. The summed E-state index contributed by atoms with van der Waals surface area (Å²) in [6.07, 6.45) is 1.87. The molecule has 0 unspecified atom stereocenters. The Morgan fingerprint density at radius 2 is 1.41 bits per heavy atom. The fraction of sp³-hybridized carbons (Fsp3) is 0.750. The molecule has 0 radical (unpaired) electrons. The Labute approximate surface area is 112 Å². The molecule has 0 saturated carbocycles. The third kappa shape index (κ3) is 93.5. The number of rotatable bonds is 4. The van der Waals surface area contributed by atoms with Crippen LogP contribution in [0.2, 0.25) is 0 Å². The van der Waals surface area contributed by atoms with Crippen molar-refractivity contribution in [2.24, 2.45) is 0 Å². The first-order valence-electron chi connectivity index (χ1n) is 4.51. The Morgan fingerprint density at radius 1 is 1.12 bits per heavy atom. The van der Waals surface area contributed by atoms with E-state index in [1.54, 1.807) is 6.92 Å². The second kappa shape index (κ2) is 20.9. The van der Waals surface area contributed by atoms with Crippen LogP contribution >= 0.6 is 8.25 Å². The average Bonchev–Trinajstić information content (AvgIpc) is 2.02. The molecule has 9 heteroatoms. The van der Waals surface area contributed by atoms with Crippen molar-refractivity contribution in [2.75, 3.05) is 0 Å². The maximum Gasteiger partial charge on any atom is 3.00 e. The second-order valence-electron chi connectivity index (χ2n) is 2.49. The molecule has 0 bridgehead atoms. The van der Waals surface area contributed by atoms with Gasteiger partial charge in [-0.2, -0.15) is 0 Å². The van der Waals surface area contributed by atoms with E-state index in [-0.39, 0.29) is 23.8 Å². The number of carbonyl (C=O) groups is 2. The Morgan fingerprint density at radius 3 is 1.41 bits per heavy atom. The Bertz CT molecular complexity index is 190. The van der Waals surface area contributed by atoms with Crippen molar-refractivity contribution in [1.82, 2.24) is 0 Å². The van der Waals surface area contributed by atoms with E-state index in [4.69, 9.17) is 19.5 Å². The summed E-state index contributed by atoms with van der Waals surface area (Å²) in [5, 5.41) is 17.4. The number of hydrogen-bond acceptors (Lipinski definition) is 6. The van der Waals surface area contributed by atoms with Gasteiger partial charge in [0, 0.05) is 12.4 Å². The molecule has 1 N–H and O–H groups in total. The van der Waals surface area contributed by atoms with E-state index in [9.17, 15) is 14.7 Å². The van der Waals surface area contributed by atoms with E-state index >= 15 is 0 Å². The van der Waals surface area contributed by atoms with Gasteiger partial charge < -0.3 is 24.8 Å². The second-order valence-corrected chi connectivity index (χ2v) is 2.94. The first-order chi connectivity index (χ1) is 7.27. The summed E-state index contributed by atoms with van der Waals surface area (Å²) in [7, 11) is -3.37. The molecule has 0 aromatic rings. The van der Waals surface area contributed by atoms with Gasteiger partial charge in [-0.1, -0.05) is 24.8 Å². The summed E-state index contributed by atoms with van der Waals surface area (Å²) in [4.78, 5) is 36.1. The topological polar surface area (TPSA) is 141 Å². The minimum atomic E-state index is -3.37. The summed E-state index contributed by atoms with van der Waals surface area (Å²) < 4.78 is 8.48. The molecule has 0 atom stereocenters. The molecule has 0 heterocycles. The van der Waals surface area contributed by atoms with Crippen LogP contribution in [0.5, 0.6) is 0 Å². The summed E-state index contributed by atoms with van der Waals surface area (Å²) >= 11 is 0. The molecule has 0 aromatic heterocycles. The predicted molar refractivity (Wildman–Crippen MR) is 55.8 cm³/mol. The van der Waals surface area contributed by atoms with E-state index in [2.05, 4.69) is 0 Å². The molecule has 0 rings (SSSR count). The quantitative estimate of drug-likeness (QED) is 0.482. The standard InChI is InChI=1S/2C4H8O2.Al.HO3P/c2*1-2-3-4(5)6;;1-4(2)3/h2*2-3H2,1H3,(H,5,6);;(H,1,2,3)/q;;+3;/p-2. The van der Waals surface area contributed by atoms with Crippen LogP contribution in [0.25, 0.3) is 0 Å². The van der Waals surface area contributed by atoms with Crippen LogP contribution in [-0.2, 0) is 14.2 Å². The van der Waals surface area contributed by atoms with Gasteiger partial charge in [-0.05, 0) is 12.8 Å². The van der Waals surface area contributed by atoms with Gasteiger partial charge in [0.05, 0.1) is 0 Å². The van der Waals surface area contributed by atoms with Gasteiger partial charge in [0.2, 0.25) is 0 Å². The van der Waals surface area contributed by atoms with Gasteiger partial charge in [-0.15, -0.1) is 0 Å². The summed E-state index contributed by atoms with van der Waals surface area (Å²) in [5.41, 5.74) is 0. The number of carbonyl (C=O) groups excluding carboxylic acids is 1. The molecule has 0 fully saturated rings. The average molecular weight is 281 g/mol. The molecule has 0 aliphatic carbocycles. The van der Waals surface area contributed by atoms with Crippen molar-refractivity contribution < 1.29 is 34.2 Å². The van der Waals surface area contributed by atoms with Gasteiger partial charge in [-0.25, -0.2) is 0 Å². The van der Waals surface area contributed by atoms with Gasteiger partial charge in [-0.3, -0.25) is 4.79 Å². The van der Waals surface area contributed by atoms with Crippen LogP contribution in [0.15, 0.2) is 0 Å². The SMILES string of the molecule is CCCC(=O)O.CCCC(=O)[O-].O=[P+]([O-])[O-].[Al+3]. The normalized spacial score (nSPS) is 7.29. The molecule has 0 aromatic carbocycles. The van der Waals surface area contributed by atoms with Crippen molar-refractivity contribution in [3.05, 3.63) is 0 Å². The van der Waals surface area contributed by atoms with Gasteiger partial charge in [0.25, 0.3) is 8.25 Å². The zero-order valence-electron chi connectivity index (χ0n) is 9.75. The minimum absolute atomic E-state index is 0. The van der Waals surface area contributed by atoms with Crippen LogP contribution in [-0.4, -0.2) is 34.4 Å². The predicted octanol–water partition coefficient (Wildman–Crippen LogP) is -1.61. The molecular formula is C8H15AlO7P+. The molecule has 7 nitrogen and oxygen atoms in total. The maximum absolute atomic E-state index is 9.60. The molecule has 96 valence electrons. The van der Waals surface area contributed by atoms with Crippen molar-refractivity contribution in [3.63, 3.8) is 0 Å². The number of carboxylic acid groups (broad SMARTS) is 2. The van der Waals surface area contributed by atoms with Crippen molar-refractivity contribution in [3.8, 4) is 0 Å². The summed E-state index contributed by atoms with van der Waals surface area (Å²) in [6, 6.07) is 0. The molecule has 17 heavy (non-hydrogen) atoms. The fourth-order valence-electron chi connectivity index (χ4n) is 0.418. The smallest absolute Gasteiger partial charge is 0.598 e. The van der Waals surface area contributed by atoms with Gasteiger partial charge in [0.1, 0.15) is 0 Å². The van der Waals surface area contributed by atoms with Crippen molar-refractivity contribution >= 4 is 37.6 Å². The maximum atomic E-state index is 9.60. The molecule has 0 saturated heterocycles. The Balaban J connectivity index is -0.0000000741. The summed E-state index contributed by atoms with van der Waals surface area (Å²) in [5.74, 6) is -1.67. The minimum Gasteiger partial charge on any atom is -0.598 e. The summed E-state index contributed by atoms with van der Waals surface area (Å²) in [6.45, 7) is 3.64. The number of hydrogen-bond donors (Lipinski definition) is 1. The van der Waals surface area contributed by atoms with Crippen LogP contribution in [0.3, 0.4) is 0 Å². The first-order valence-corrected chi connectivity index (χ1v) is 5.60. The van der Waals surface area contributed by atoms with Crippen molar-refractivity contribution in [1.29, 1.82) is 0 Å². The third-order valence-electron chi connectivity index (χ3n) is 0.918. The van der Waals surface area contributed by atoms with Crippen LogP contribution in [0.1, 0.15) is 39.5 Å². The van der Waals surface area contributed by atoms with Crippen LogP contribution in [0, 0.1) is 0 Å². The third-order valence-corrected chi connectivity index (χ3v) is 0.918. The van der Waals surface area contributed by atoms with Crippen molar-refractivity contribution in [2.45, 2.75) is 39.5 Å². The van der Waals surface area contributed by atoms with E-state index in [0.717, 1.165) is 6.42 Å². The zero-order valence-corrected chi connectivity index (χ0v) is 11.8. The largest absolute Gasteiger partial charge is 3.00 e. The molecule has 0 amide bonds. The van der Waals surface area contributed by atoms with Gasteiger partial charge in [0.15, 0.2) is 0 Å². The van der Waals surface area contributed by atoms with E-state index < -0.39 is 20.2 Å². The Hall–Kier alpha value is -0.508. The van der Waals surface area contributed by atoms with E-state index in [1.165, 1.54) is 0 Å². The molecule has 0 aliphatic rings. The van der Waals surface area contributed by atoms with E-state index in [0.29, 0.717) is 12.8 Å². The Kier molecular flexibility index (Phi) is 31.1. The molecular weight excluding hydrogens is 266 g/mol. The molecule has 0 aliphatic heterocycles. The number of aliphatic carboxylic acids is 2. The van der Waals surface area contributed by atoms with Crippen LogP contribution < -0.4 is 14.9 Å². The van der Waals surface area contributed by atoms with E-state index in [1.807, 2.05) is 6.92 Å². The fourth-order valence-corrected chi connectivity index (χ4v) is 0.418. The monoisotopic (exact) mass is 281 g/mol. The molecule has 0 spiro atoms. The van der Waals surface area contributed by atoms with Gasteiger partial charge >= 0.3 is 23.3 Å². The number of carboxylic acids is 2. The van der Waals surface area contributed by atoms with Crippen LogP contribution in [0.4, 0.5) is 0 Å².